The summed E-state index contributed by atoms with van der Waals surface area (Å²) in [5, 5.41) is 3.05. The summed E-state index contributed by atoms with van der Waals surface area (Å²) in [6, 6.07) is 3.02. The maximum atomic E-state index is 13.9. The molecule has 1 atom stereocenters. The van der Waals surface area contributed by atoms with E-state index >= 15 is 0 Å². The first-order valence-corrected chi connectivity index (χ1v) is 24.2. The highest BCUT2D eigenvalue weighted by atomic mass is 32.2. The summed E-state index contributed by atoms with van der Waals surface area (Å²) in [5.41, 5.74) is 16.2. The van der Waals surface area contributed by atoms with Crippen LogP contribution in [0.3, 0.4) is 0 Å². The number of nitrogen functional groups attached to an aromatic ring is 2. The normalized spacial score (nSPS) is 15.5. The summed E-state index contributed by atoms with van der Waals surface area (Å²) in [7, 11) is -5.32. The van der Waals surface area contributed by atoms with E-state index in [2.05, 4.69) is 25.3 Å². The van der Waals surface area contributed by atoms with E-state index in [0.717, 1.165) is 45.4 Å². The zero-order chi connectivity index (χ0) is 47.7. The van der Waals surface area contributed by atoms with Crippen molar-refractivity contribution in [3.05, 3.63) is 82.2 Å². The molecule has 4 aromatic rings. The first-order valence-electron chi connectivity index (χ1n) is 19.2. The topological polar surface area (TPSA) is 286 Å². The minimum absolute atomic E-state index is 0. The number of piperidine rings is 2. The molecule has 0 saturated carbocycles. The fraction of sp³-hybridized carbons (Fsp3) is 0.436. The number of halogens is 4. The Morgan fingerprint density at radius 2 is 1.15 bits per heavy atom. The molecule has 0 bridgehead atoms. The summed E-state index contributed by atoms with van der Waals surface area (Å²) in [6.45, 7) is 3.58. The van der Waals surface area contributed by atoms with Crippen LogP contribution in [0, 0.1) is 23.3 Å². The molecule has 2 saturated heterocycles. The molecular formula is C39H52F4N10O9S3. The number of methoxy groups -OCH3 is 2. The van der Waals surface area contributed by atoms with Crippen LogP contribution in [0.25, 0.3) is 0 Å². The first kappa shape index (κ1) is 53.9. The van der Waals surface area contributed by atoms with Crippen LogP contribution in [0.1, 0.15) is 71.9 Å². The van der Waals surface area contributed by atoms with E-state index in [-0.39, 0.29) is 70.3 Å². The van der Waals surface area contributed by atoms with Crippen LogP contribution in [0.2, 0.25) is 0 Å². The number of ether oxygens (including phenoxy) is 2. The summed E-state index contributed by atoms with van der Waals surface area (Å²) < 4.78 is 124. The summed E-state index contributed by atoms with van der Waals surface area (Å²) in [4.78, 5) is 40.9. The summed E-state index contributed by atoms with van der Waals surface area (Å²) in [5.74, 6) is -6.23. The predicted molar refractivity (Wildman–Crippen MR) is 236 cm³/mol. The van der Waals surface area contributed by atoms with E-state index in [9.17, 15) is 48.2 Å². The van der Waals surface area contributed by atoms with Crippen molar-refractivity contribution in [3.63, 3.8) is 0 Å². The van der Waals surface area contributed by atoms with Crippen LogP contribution in [0.5, 0.6) is 11.5 Å². The molecule has 26 heteroatoms. The monoisotopic (exact) mass is 976 g/mol. The average Bonchev–Trinajstić information content (AvgIpc) is 3.22. The fourth-order valence-electron chi connectivity index (χ4n) is 6.32. The van der Waals surface area contributed by atoms with Crippen molar-refractivity contribution in [1.29, 1.82) is 0 Å². The van der Waals surface area contributed by atoms with Gasteiger partial charge in [-0.25, -0.2) is 58.0 Å². The maximum absolute atomic E-state index is 13.9. The molecule has 0 spiro atoms. The number of benzene rings is 2. The zero-order valence-corrected chi connectivity index (χ0v) is 37.8. The van der Waals surface area contributed by atoms with E-state index in [1.165, 1.54) is 27.3 Å². The Morgan fingerprint density at radius 1 is 0.738 bits per heavy atom. The van der Waals surface area contributed by atoms with Crippen molar-refractivity contribution in [2.45, 2.75) is 57.3 Å². The number of ketones is 2. The standard InChI is InChI=1S/C18H21F2N5O4S.C14H13F2N3O3S.C6H14N2O2S.CH4/c1-29-16-12(7-10(19)8-14(16)20)15(26)13-9-22-18(24-17(13)21)23-11-3-5-25(6-4-11)30(2,27)28;1-3-23(21)14-18-6-9(13(17)19-14)11(20)8-4-7(15)5-10(16)12(8)22-2;1-11(9,10)8-4-2-6(7)3-5-8;/h7-9,11H,3-6H2,1-2H3,(H3,21,22,23,24);4-6H,3H2,1-2H3,(H2,17,18,19);6H,2-5,7H2,1H3;1H4. The molecule has 4 heterocycles. The van der Waals surface area contributed by atoms with Crippen molar-refractivity contribution in [2.75, 3.05) is 75.4 Å². The van der Waals surface area contributed by atoms with Gasteiger partial charge < -0.3 is 32.0 Å². The molecule has 1 unspecified atom stereocenters. The van der Waals surface area contributed by atoms with Crippen molar-refractivity contribution in [1.82, 2.24) is 28.5 Å². The molecule has 2 fully saturated rings. The second-order valence-corrected chi connectivity index (χ2v) is 19.9. The lowest BCUT2D eigenvalue weighted by molar-refractivity contribution is 0.102. The van der Waals surface area contributed by atoms with Crippen molar-refractivity contribution in [2.24, 2.45) is 5.73 Å². The van der Waals surface area contributed by atoms with E-state index in [4.69, 9.17) is 26.7 Å². The Kier molecular flexibility index (Phi) is 19.2. The number of nitrogens with two attached hydrogens (primary N) is 3. The van der Waals surface area contributed by atoms with Gasteiger partial charge in [-0.2, -0.15) is 4.98 Å². The maximum Gasteiger partial charge on any atom is 0.224 e. The van der Waals surface area contributed by atoms with Crippen LogP contribution < -0.4 is 32.0 Å². The largest absolute Gasteiger partial charge is 0.493 e. The minimum Gasteiger partial charge on any atom is -0.493 e. The van der Waals surface area contributed by atoms with Crippen LogP contribution in [-0.2, 0) is 30.8 Å². The Balaban J connectivity index is 0.000000283. The highest BCUT2D eigenvalue weighted by molar-refractivity contribution is 7.88. The van der Waals surface area contributed by atoms with Gasteiger partial charge in [0.25, 0.3) is 0 Å². The molecule has 0 radical (unpaired) electrons. The number of nitrogens with one attached hydrogen (secondary N) is 1. The number of sulfonamides is 2. The number of carbonyl (C=O) groups excluding carboxylic acids is 2. The second-order valence-electron chi connectivity index (χ2n) is 14.3. The van der Waals surface area contributed by atoms with Crippen LogP contribution in [0.15, 0.2) is 41.8 Å². The molecular weight excluding hydrogens is 925 g/mol. The van der Waals surface area contributed by atoms with E-state index in [1.807, 2.05) is 0 Å². The molecule has 6 rings (SSSR count). The van der Waals surface area contributed by atoms with Gasteiger partial charge in [0.1, 0.15) is 23.3 Å². The quantitative estimate of drug-likeness (QED) is 0.0901. The zero-order valence-electron chi connectivity index (χ0n) is 35.3. The third kappa shape index (κ3) is 14.3. The third-order valence-electron chi connectivity index (χ3n) is 9.71. The number of aromatic nitrogens is 4. The molecule has 2 aliphatic rings. The van der Waals surface area contributed by atoms with E-state index < -0.39 is 77.2 Å². The van der Waals surface area contributed by atoms with Gasteiger partial charge in [-0.05, 0) is 37.8 Å². The predicted octanol–water partition coefficient (Wildman–Crippen LogP) is 3.12. The molecule has 2 aromatic heterocycles. The second kappa shape index (κ2) is 23.2. The van der Waals surface area contributed by atoms with Crippen LogP contribution in [-0.4, -0.2) is 132 Å². The van der Waals surface area contributed by atoms with Gasteiger partial charge in [-0.3, -0.25) is 13.8 Å². The molecule has 65 heavy (non-hydrogen) atoms. The molecule has 0 amide bonds. The fourth-order valence-corrected chi connectivity index (χ4v) is 8.69. The lowest BCUT2D eigenvalue weighted by Crippen LogP contribution is -2.42. The number of rotatable bonds is 12. The van der Waals surface area contributed by atoms with Crippen LogP contribution >= 0.6 is 0 Å². The number of carbonyl (C=O) groups is 2. The molecule has 7 N–H and O–H groups in total. The number of hydrogen-bond acceptors (Lipinski definition) is 17. The Labute approximate surface area is 377 Å². The van der Waals surface area contributed by atoms with Gasteiger partial charge in [0.15, 0.2) is 23.1 Å². The minimum atomic E-state index is -3.23. The van der Waals surface area contributed by atoms with Gasteiger partial charge in [0.2, 0.25) is 42.7 Å². The summed E-state index contributed by atoms with van der Waals surface area (Å²) in [6.07, 6.45) is 7.33. The van der Waals surface area contributed by atoms with Crippen LogP contribution in [0.4, 0.5) is 35.1 Å². The van der Waals surface area contributed by atoms with Crippen molar-refractivity contribution in [3.8, 4) is 11.5 Å². The molecule has 2 aliphatic heterocycles. The molecule has 0 aliphatic carbocycles. The number of anilines is 3. The van der Waals surface area contributed by atoms with E-state index in [1.54, 1.807) is 6.92 Å². The lowest BCUT2D eigenvalue weighted by atomic mass is 10.0. The Morgan fingerprint density at radius 3 is 1.54 bits per heavy atom. The number of nitrogens with zero attached hydrogens (tertiary/aromatic N) is 6. The molecule has 2 aromatic carbocycles. The average molecular weight is 977 g/mol. The van der Waals surface area contributed by atoms with Gasteiger partial charge in [-0.15, -0.1) is 0 Å². The van der Waals surface area contributed by atoms with E-state index in [0.29, 0.717) is 51.2 Å². The SMILES string of the molecule is C.CCS(=O)c1ncc(C(=O)c2cc(F)cc(F)c2OC)c(N)n1.COc1c(F)cc(F)cc1C(=O)c1cnc(NC2CCN(S(C)(=O)=O)CC2)nc1N.CS(=O)(=O)N1CCC(N)CC1. The Hall–Kier alpha value is -5.41. The lowest BCUT2D eigenvalue weighted by Gasteiger charge is -2.30. The van der Waals surface area contributed by atoms with Crippen molar-refractivity contribution < 1.29 is 57.7 Å². The highest BCUT2D eigenvalue weighted by Gasteiger charge is 2.28. The third-order valence-corrected chi connectivity index (χ3v) is 13.4. The van der Waals surface area contributed by atoms with Gasteiger partial charge in [0, 0.05) is 68.5 Å². The van der Waals surface area contributed by atoms with Gasteiger partial charge >= 0.3 is 0 Å². The highest BCUT2D eigenvalue weighted by Crippen LogP contribution is 2.29. The van der Waals surface area contributed by atoms with Crippen molar-refractivity contribution >= 4 is 60.0 Å². The summed E-state index contributed by atoms with van der Waals surface area (Å²) >= 11 is 0. The smallest absolute Gasteiger partial charge is 0.224 e. The Bertz CT molecular complexity index is 2600. The molecule has 358 valence electrons. The van der Waals surface area contributed by atoms with Gasteiger partial charge in [-0.1, -0.05) is 14.4 Å². The first-order chi connectivity index (χ1) is 30.0. The van der Waals surface area contributed by atoms with Gasteiger partial charge in [0.05, 0.1) is 59.8 Å². The number of hydrogen-bond donors (Lipinski definition) is 4. The molecule has 19 nitrogen and oxygen atoms in total.